The van der Waals surface area contributed by atoms with Crippen LogP contribution < -0.4 is 10.6 Å². The van der Waals surface area contributed by atoms with Crippen LogP contribution in [0.5, 0.6) is 0 Å². The quantitative estimate of drug-likeness (QED) is 0.636. The smallest absolute Gasteiger partial charge is 0.191 e. The summed E-state index contributed by atoms with van der Waals surface area (Å²) >= 11 is 0. The minimum atomic E-state index is -2.92. The van der Waals surface area contributed by atoms with Gasteiger partial charge in [0.15, 0.2) is 15.8 Å². The van der Waals surface area contributed by atoms with Crippen LogP contribution in [0.2, 0.25) is 0 Å². The van der Waals surface area contributed by atoms with Gasteiger partial charge in [-0.1, -0.05) is 12.1 Å². The summed E-state index contributed by atoms with van der Waals surface area (Å²) in [5.41, 5.74) is 0.798. The Balaban J connectivity index is 1.87. The van der Waals surface area contributed by atoms with Gasteiger partial charge in [0.2, 0.25) is 0 Å². The second-order valence-corrected chi connectivity index (χ2v) is 7.03. The Hall–Kier alpha value is -1.63. The lowest BCUT2D eigenvalue weighted by molar-refractivity contribution is 0.599. The van der Waals surface area contributed by atoms with Gasteiger partial charge in [-0.2, -0.15) is 0 Å². The maximum atomic E-state index is 13.0. The molecule has 1 unspecified atom stereocenters. The van der Waals surface area contributed by atoms with Crippen molar-refractivity contribution in [2.24, 2.45) is 4.99 Å². The minimum absolute atomic E-state index is 0.112. The zero-order valence-corrected chi connectivity index (χ0v) is 12.1. The molecule has 0 aliphatic carbocycles. The monoisotopic (exact) mass is 299 g/mol. The van der Waals surface area contributed by atoms with E-state index in [9.17, 15) is 12.8 Å². The molecule has 1 aliphatic rings. The summed E-state index contributed by atoms with van der Waals surface area (Å²) in [5, 5.41) is 6.12. The molecule has 1 atom stereocenters. The van der Waals surface area contributed by atoms with E-state index in [1.807, 2.05) is 6.07 Å². The maximum Gasteiger partial charge on any atom is 0.191 e. The highest BCUT2D eigenvalue weighted by atomic mass is 32.2. The van der Waals surface area contributed by atoms with Gasteiger partial charge in [-0.25, -0.2) is 12.8 Å². The van der Waals surface area contributed by atoms with Crippen LogP contribution >= 0.6 is 0 Å². The van der Waals surface area contributed by atoms with Gasteiger partial charge in [-0.05, 0) is 24.1 Å². The first-order valence-electron chi connectivity index (χ1n) is 6.40. The van der Waals surface area contributed by atoms with Gasteiger partial charge in [0.1, 0.15) is 5.82 Å². The molecule has 2 N–H and O–H groups in total. The first-order chi connectivity index (χ1) is 9.48. The summed E-state index contributed by atoms with van der Waals surface area (Å²) in [6, 6.07) is 6.18. The molecule has 7 heteroatoms. The number of halogens is 1. The largest absolute Gasteiger partial charge is 0.353 e. The predicted molar refractivity (Wildman–Crippen MR) is 76.8 cm³/mol. The van der Waals surface area contributed by atoms with Crippen molar-refractivity contribution < 1.29 is 12.8 Å². The van der Waals surface area contributed by atoms with Crippen LogP contribution in [-0.4, -0.2) is 39.0 Å². The number of guanidine groups is 1. The SMILES string of the molecule is CN=C(NCc1cccc(F)c1)NC1CCS(=O)(=O)C1. The molecule has 0 amide bonds. The molecular weight excluding hydrogens is 281 g/mol. The fourth-order valence-corrected chi connectivity index (χ4v) is 3.80. The highest BCUT2D eigenvalue weighted by molar-refractivity contribution is 7.91. The average molecular weight is 299 g/mol. The van der Waals surface area contributed by atoms with E-state index in [0.29, 0.717) is 18.9 Å². The third kappa shape index (κ3) is 4.19. The van der Waals surface area contributed by atoms with E-state index < -0.39 is 9.84 Å². The molecule has 0 radical (unpaired) electrons. The summed E-state index contributed by atoms with van der Waals surface area (Å²) in [6.07, 6.45) is 0.586. The molecule has 20 heavy (non-hydrogen) atoms. The van der Waals surface area contributed by atoms with Crippen LogP contribution in [0.1, 0.15) is 12.0 Å². The predicted octanol–water partition coefficient (Wildman–Crippen LogP) is 0.678. The molecule has 0 aromatic heterocycles. The number of rotatable bonds is 3. The minimum Gasteiger partial charge on any atom is -0.353 e. The van der Waals surface area contributed by atoms with E-state index in [-0.39, 0.29) is 23.4 Å². The van der Waals surface area contributed by atoms with Crippen molar-refractivity contribution in [2.75, 3.05) is 18.6 Å². The number of hydrogen-bond donors (Lipinski definition) is 2. The first-order valence-corrected chi connectivity index (χ1v) is 8.23. The van der Waals surface area contributed by atoms with E-state index in [2.05, 4.69) is 15.6 Å². The van der Waals surface area contributed by atoms with Crippen LogP contribution in [0, 0.1) is 5.82 Å². The van der Waals surface area contributed by atoms with Gasteiger partial charge in [0, 0.05) is 19.6 Å². The van der Waals surface area contributed by atoms with Crippen LogP contribution in [0.15, 0.2) is 29.3 Å². The second kappa shape index (κ2) is 6.21. The third-order valence-corrected chi connectivity index (χ3v) is 4.91. The summed E-state index contributed by atoms with van der Waals surface area (Å²) in [6.45, 7) is 0.427. The van der Waals surface area contributed by atoms with E-state index in [0.717, 1.165) is 5.56 Å². The van der Waals surface area contributed by atoms with Crippen LogP contribution in [0.25, 0.3) is 0 Å². The highest BCUT2D eigenvalue weighted by Crippen LogP contribution is 2.11. The molecule has 5 nitrogen and oxygen atoms in total. The normalized spacial score (nSPS) is 21.7. The Morgan fingerprint density at radius 3 is 2.90 bits per heavy atom. The van der Waals surface area contributed by atoms with Gasteiger partial charge in [-0.15, -0.1) is 0 Å². The Kier molecular flexibility index (Phi) is 4.59. The Morgan fingerprint density at radius 2 is 2.30 bits per heavy atom. The fourth-order valence-electron chi connectivity index (χ4n) is 2.13. The van der Waals surface area contributed by atoms with Crippen LogP contribution in [0.4, 0.5) is 4.39 Å². The zero-order chi connectivity index (χ0) is 14.6. The van der Waals surface area contributed by atoms with E-state index in [1.165, 1.54) is 12.1 Å². The van der Waals surface area contributed by atoms with Crippen LogP contribution in [-0.2, 0) is 16.4 Å². The number of benzene rings is 1. The van der Waals surface area contributed by atoms with Gasteiger partial charge in [-0.3, -0.25) is 4.99 Å². The lowest BCUT2D eigenvalue weighted by atomic mass is 10.2. The van der Waals surface area contributed by atoms with Gasteiger partial charge in [0.25, 0.3) is 0 Å². The lowest BCUT2D eigenvalue weighted by Gasteiger charge is -2.16. The molecule has 0 bridgehead atoms. The van der Waals surface area contributed by atoms with Crippen molar-refractivity contribution >= 4 is 15.8 Å². The molecule has 1 aliphatic heterocycles. The molecular formula is C13H18FN3O2S. The van der Waals surface area contributed by atoms with Crippen molar-refractivity contribution in [3.05, 3.63) is 35.6 Å². The summed E-state index contributed by atoms with van der Waals surface area (Å²) in [7, 11) is -1.30. The molecule has 1 fully saturated rings. The molecule has 2 rings (SSSR count). The molecule has 110 valence electrons. The lowest BCUT2D eigenvalue weighted by Crippen LogP contribution is -2.43. The number of nitrogens with one attached hydrogen (secondary N) is 2. The van der Waals surface area contributed by atoms with Gasteiger partial charge >= 0.3 is 0 Å². The van der Waals surface area contributed by atoms with Crippen molar-refractivity contribution in [1.82, 2.24) is 10.6 Å². The Bertz CT molecular complexity index is 601. The van der Waals surface area contributed by atoms with E-state index >= 15 is 0 Å². The standard InChI is InChI=1S/C13H18FN3O2S/c1-15-13(17-12-5-6-20(18,19)9-12)16-8-10-3-2-4-11(14)7-10/h2-4,7,12H,5-6,8-9H2,1H3,(H2,15,16,17). The molecule has 1 saturated heterocycles. The topological polar surface area (TPSA) is 70.6 Å². The summed E-state index contributed by atoms with van der Waals surface area (Å²) in [4.78, 5) is 4.04. The van der Waals surface area contributed by atoms with Gasteiger partial charge < -0.3 is 10.6 Å². The van der Waals surface area contributed by atoms with Crippen LogP contribution in [0.3, 0.4) is 0 Å². The first kappa shape index (κ1) is 14.8. The Morgan fingerprint density at radius 1 is 1.50 bits per heavy atom. The fraction of sp³-hybridized carbons (Fsp3) is 0.462. The maximum absolute atomic E-state index is 13.0. The average Bonchev–Trinajstić information content (AvgIpc) is 2.74. The molecule has 0 spiro atoms. The van der Waals surface area contributed by atoms with Crippen molar-refractivity contribution in [2.45, 2.75) is 19.0 Å². The second-order valence-electron chi connectivity index (χ2n) is 4.80. The number of nitrogens with zero attached hydrogens (tertiary/aromatic N) is 1. The molecule has 1 aromatic rings. The highest BCUT2D eigenvalue weighted by Gasteiger charge is 2.28. The third-order valence-electron chi connectivity index (χ3n) is 3.15. The number of sulfone groups is 1. The van der Waals surface area contributed by atoms with E-state index in [4.69, 9.17) is 0 Å². The number of hydrogen-bond acceptors (Lipinski definition) is 3. The molecule has 1 aromatic carbocycles. The molecule has 0 saturated carbocycles. The van der Waals surface area contributed by atoms with Crippen molar-refractivity contribution in [1.29, 1.82) is 0 Å². The van der Waals surface area contributed by atoms with E-state index in [1.54, 1.807) is 13.1 Å². The summed E-state index contributed by atoms with van der Waals surface area (Å²) < 4.78 is 35.8. The summed E-state index contributed by atoms with van der Waals surface area (Å²) in [5.74, 6) is 0.588. The van der Waals surface area contributed by atoms with Crippen molar-refractivity contribution in [3.8, 4) is 0 Å². The molecule has 1 heterocycles. The van der Waals surface area contributed by atoms with Crippen molar-refractivity contribution in [3.63, 3.8) is 0 Å². The van der Waals surface area contributed by atoms with Gasteiger partial charge in [0.05, 0.1) is 11.5 Å². The number of aliphatic imine (C=N–C) groups is 1. The Labute approximate surface area is 118 Å². The zero-order valence-electron chi connectivity index (χ0n) is 11.3.